The molecule has 0 spiro atoms. The lowest BCUT2D eigenvalue weighted by Gasteiger charge is -2.39. The first-order chi connectivity index (χ1) is 19.4. The summed E-state index contributed by atoms with van der Waals surface area (Å²) in [4.78, 5) is 54.6. The van der Waals surface area contributed by atoms with Gasteiger partial charge in [-0.25, -0.2) is 9.10 Å². The van der Waals surface area contributed by atoms with E-state index in [1.807, 2.05) is 0 Å². The van der Waals surface area contributed by atoms with E-state index >= 15 is 0 Å². The Morgan fingerprint density at radius 3 is 2.56 bits per heavy atom. The molecule has 3 amide bonds. The first-order valence-corrected chi connectivity index (χ1v) is 14.8. The molecule has 13 nitrogen and oxygen atoms in total. The third-order valence-corrected chi connectivity index (χ3v) is 9.27. The summed E-state index contributed by atoms with van der Waals surface area (Å²) in [6, 6.07) is -2.44. The zero-order valence-electron chi connectivity index (χ0n) is 23.8. The summed E-state index contributed by atoms with van der Waals surface area (Å²) in [6.45, 7) is 3.70. The van der Waals surface area contributed by atoms with Gasteiger partial charge in [0.25, 0.3) is 11.8 Å². The van der Waals surface area contributed by atoms with Gasteiger partial charge >= 0.3 is 0 Å². The van der Waals surface area contributed by atoms with Crippen LogP contribution < -0.4 is 11.5 Å². The van der Waals surface area contributed by atoms with Crippen LogP contribution >= 0.6 is 11.8 Å². The molecular weight excluding hydrogens is 554 g/mol. The van der Waals surface area contributed by atoms with E-state index < -0.39 is 52.8 Å². The molecule has 4 atom stereocenters. The molecule has 1 aliphatic carbocycles. The molecule has 3 aliphatic rings. The minimum Gasteiger partial charge on any atom is -0.384 e. The van der Waals surface area contributed by atoms with E-state index in [9.17, 15) is 24.3 Å². The molecule has 1 aromatic rings. The van der Waals surface area contributed by atoms with Crippen LogP contribution in [0, 0.1) is 5.92 Å². The van der Waals surface area contributed by atoms with Crippen LogP contribution in [0.25, 0.3) is 0 Å². The van der Waals surface area contributed by atoms with E-state index in [4.69, 9.17) is 28.0 Å². The van der Waals surface area contributed by atoms with Crippen LogP contribution in [-0.4, -0.2) is 90.3 Å². The summed E-state index contributed by atoms with van der Waals surface area (Å²) in [5, 5.41) is 18.8. The van der Waals surface area contributed by atoms with Gasteiger partial charge in [-0.2, -0.15) is 0 Å². The molecule has 14 heteroatoms. The van der Waals surface area contributed by atoms with Crippen molar-refractivity contribution >= 4 is 35.3 Å². The van der Waals surface area contributed by atoms with Gasteiger partial charge in [-0.15, -0.1) is 5.10 Å². The second-order valence-electron chi connectivity index (χ2n) is 12.2. The van der Waals surface area contributed by atoms with E-state index in [1.165, 1.54) is 22.2 Å². The van der Waals surface area contributed by atoms with E-state index in [0.29, 0.717) is 31.1 Å². The zero-order chi connectivity index (χ0) is 29.9. The Balaban J connectivity index is 1.66. The second-order valence-corrected chi connectivity index (χ2v) is 12.5. The highest BCUT2D eigenvalue weighted by Gasteiger charge is 2.53. The van der Waals surface area contributed by atoms with Crippen LogP contribution in [0.2, 0.25) is 0 Å². The lowest BCUT2D eigenvalue weighted by Crippen LogP contribution is -2.60. The lowest BCUT2D eigenvalue weighted by atomic mass is 9.84. The lowest BCUT2D eigenvalue weighted by molar-refractivity contribution is -0.151. The number of amides is 3. The third-order valence-electron chi connectivity index (χ3n) is 8.78. The van der Waals surface area contributed by atoms with Crippen molar-refractivity contribution in [1.82, 2.24) is 24.3 Å². The minimum atomic E-state index is -1.70. The monoisotopic (exact) mass is 595 g/mol. The van der Waals surface area contributed by atoms with Gasteiger partial charge in [-0.3, -0.25) is 19.2 Å². The second kappa shape index (κ2) is 12.7. The predicted octanol–water partition coefficient (Wildman–Crippen LogP) is 0.921. The molecule has 41 heavy (non-hydrogen) atoms. The van der Waals surface area contributed by atoms with Gasteiger partial charge in [-0.05, 0) is 39.0 Å². The van der Waals surface area contributed by atoms with Crippen LogP contribution in [0.5, 0.6) is 0 Å². The number of hydrogen-bond acceptors (Lipinski definition) is 9. The fourth-order valence-corrected chi connectivity index (χ4v) is 6.89. The smallest absolute Gasteiger partial charge is 0.287 e. The van der Waals surface area contributed by atoms with Crippen molar-refractivity contribution in [3.8, 4) is 0 Å². The zero-order valence-corrected chi connectivity index (χ0v) is 24.6. The number of carbonyl (C=O) groups excluding carboxylic acids is 4. The van der Waals surface area contributed by atoms with Crippen molar-refractivity contribution in [3.05, 3.63) is 11.9 Å². The third kappa shape index (κ3) is 6.58. The SMILES string of the molecule is CC(C)(O)c1cnnn1[C@H]1C[C@@H](C(=O)N(Cl)C2(C(=O)C(N)=O)CCCOCC2)N(C(=O)[C@H](N)CC2CCCCC2)C1. The Labute approximate surface area is 245 Å². The summed E-state index contributed by atoms with van der Waals surface area (Å²) in [7, 11) is 0. The average Bonchev–Trinajstić information content (AvgIpc) is 3.54. The van der Waals surface area contributed by atoms with Crippen LogP contribution in [0.15, 0.2) is 6.20 Å². The minimum absolute atomic E-state index is 0.0127. The van der Waals surface area contributed by atoms with Gasteiger partial charge in [0.1, 0.15) is 17.2 Å². The fourth-order valence-electron chi connectivity index (χ4n) is 6.53. The normalized spacial score (nSPS) is 26.8. The molecule has 4 rings (SSSR count). The number of nitrogens with two attached hydrogens (primary N) is 2. The van der Waals surface area contributed by atoms with Crippen LogP contribution in [0.1, 0.15) is 89.8 Å². The van der Waals surface area contributed by atoms with Gasteiger partial charge in [0.2, 0.25) is 11.7 Å². The Kier molecular flexibility index (Phi) is 9.72. The molecule has 1 unspecified atom stereocenters. The Hall–Kier alpha value is -2.61. The topological polar surface area (TPSA) is 187 Å². The first-order valence-electron chi connectivity index (χ1n) is 14.5. The molecule has 228 valence electrons. The number of likely N-dealkylation sites (tertiary alicyclic amines) is 1. The average molecular weight is 596 g/mol. The van der Waals surface area contributed by atoms with E-state index in [0.717, 1.165) is 30.1 Å². The highest BCUT2D eigenvalue weighted by Crippen LogP contribution is 2.37. The maximum Gasteiger partial charge on any atom is 0.287 e. The van der Waals surface area contributed by atoms with Crippen LogP contribution in [-0.2, 0) is 29.5 Å². The van der Waals surface area contributed by atoms with Crippen LogP contribution in [0.3, 0.4) is 0 Å². The Morgan fingerprint density at radius 2 is 1.90 bits per heavy atom. The summed E-state index contributed by atoms with van der Waals surface area (Å²) < 4.78 is 7.77. The highest BCUT2D eigenvalue weighted by molar-refractivity contribution is 6.41. The van der Waals surface area contributed by atoms with Crippen molar-refractivity contribution in [2.24, 2.45) is 17.4 Å². The van der Waals surface area contributed by atoms with E-state index in [-0.39, 0.29) is 32.4 Å². The molecule has 2 aliphatic heterocycles. The molecule has 2 saturated heterocycles. The summed E-state index contributed by atoms with van der Waals surface area (Å²) in [6.07, 6.45) is 7.89. The molecular formula is C27H42ClN7O6. The number of aromatic nitrogens is 3. The molecule has 0 bridgehead atoms. The molecule has 3 heterocycles. The van der Waals surface area contributed by atoms with E-state index in [1.54, 1.807) is 13.8 Å². The van der Waals surface area contributed by atoms with Crippen LogP contribution in [0.4, 0.5) is 0 Å². The number of aliphatic hydroxyl groups is 1. The maximum absolute atomic E-state index is 14.1. The molecule has 3 fully saturated rings. The van der Waals surface area contributed by atoms with E-state index in [2.05, 4.69) is 10.3 Å². The summed E-state index contributed by atoms with van der Waals surface area (Å²) in [5.74, 6) is -2.96. The van der Waals surface area contributed by atoms with Crippen molar-refractivity contribution in [2.45, 2.75) is 107 Å². The largest absolute Gasteiger partial charge is 0.384 e. The number of rotatable bonds is 9. The van der Waals surface area contributed by atoms with Crippen molar-refractivity contribution in [3.63, 3.8) is 0 Å². The molecule has 0 aromatic carbocycles. The van der Waals surface area contributed by atoms with Gasteiger partial charge in [-0.1, -0.05) is 37.3 Å². The number of ether oxygens (including phenoxy) is 1. The number of hydrogen-bond donors (Lipinski definition) is 3. The maximum atomic E-state index is 14.1. The summed E-state index contributed by atoms with van der Waals surface area (Å²) in [5.41, 5.74) is 9.27. The van der Waals surface area contributed by atoms with Crippen molar-refractivity contribution < 1.29 is 29.0 Å². The first kappa shape index (κ1) is 31.3. The highest BCUT2D eigenvalue weighted by atomic mass is 35.5. The van der Waals surface area contributed by atoms with Crippen molar-refractivity contribution in [1.29, 1.82) is 0 Å². The number of halogens is 1. The van der Waals surface area contributed by atoms with Gasteiger partial charge < -0.3 is 26.2 Å². The predicted molar refractivity (Wildman–Crippen MR) is 148 cm³/mol. The Bertz CT molecular complexity index is 1120. The number of primary amides is 1. The van der Waals surface area contributed by atoms with Gasteiger partial charge in [0.05, 0.1) is 24.0 Å². The molecule has 1 aromatic heterocycles. The number of Topliss-reactive ketones (excluding diaryl/α,β-unsaturated/α-hetero) is 1. The molecule has 1 saturated carbocycles. The quantitative estimate of drug-likeness (QED) is 0.275. The fraction of sp³-hybridized carbons (Fsp3) is 0.778. The Morgan fingerprint density at radius 1 is 1.20 bits per heavy atom. The summed E-state index contributed by atoms with van der Waals surface area (Å²) >= 11 is 6.70. The van der Waals surface area contributed by atoms with Crippen molar-refractivity contribution in [2.75, 3.05) is 19.8 Å². The molecule has 0 radical (unpaired) electrons. The number of ketones is 1. The van der Waals surface area contributed by atoms with Gasteiger partial charge in [0.15, 0.2) is 0 Å². The molecule has 5 N–H and O–H groups in total. The number of carbonyl (C=O) groups is 4. The number of nitrogens with zero attached hydrogens (tertiary/aromatic N) is 5. The van der Waals surface area contributed by atoms with Gasteiger partial charge in [0, 0.05) is 44.4 Å². The standard InChI is InChI=1S/C27H42ClN7O6/c1-26(2,40)21-15-31-32-34(21)18-14-20(33(16-18)24(38)19(29)13-17-7-4-3-5-8-17)25(39)35(28)27(22(36)23(30)37)9-6-11-41-12-10-27/h15,17-20,40H,3-14,16,29H2,1-2H3,(H2,30,37)/t18-,19+,20-,27?/m0/s1.